The molecule has 110 valence electrons. The Morgan fingerprint density at radius 3 is 2.65 bits per heavy atom. The van der Waals surface area contributed by atoms with Crippen LogP contribution in [-0.2, 0) is 14.8 Å². The molecule has 2 rings (SSSR count). The van der Waals surface area contributed by atoms with E-state index in [1.807, 2.05) is 0 Å². The second-order valence-electron chi connectivity index (χ2n) is 4.86. The van der Waals surface area contributed by atoms with Crippen molar-refractivity contribution >= 4 is 21.8 Å². The van der Waals surface area contributed by atoms with Crippen molar-refractivity contribution in [3.8, 4) is 0 Å². The van der Waals surface area contributed by atoms with Crippen molar-refractivity contribution in [2.45, 2.75) is 23.8 Å². The predicted octanol–water partition coefficient (Wildman–Crippen LogP) is 0.385. The van der Waals surface area contributed by atoms with Gasteiger partial charge >= 0.3 is 5.97 Å². The highest BCUT2D eigenvalue weighted by atomic mass is 32.2. The van der Waals surface area contributed by atoms with E-state index in [9.17, 15) is 13.2 Å². The molecule has 7 nitrogen and oxygen atoms in total. The molecule has 0 aromatic carbocycles. The normalized spacial score (nSPS) is 20.0. The molecule has 0 bridgehead atoms. The van der Waals surface area contributed by atoms with Crippen LogP contribution in [0.1, 0.15) is 12.8 Å². The van der Waals surface area contributed by atoms with Gasteiger partial charge in [-0.15, -0.1) is 0 Å². The highest BCUT2D eigenvalue weighted by Crippen LogP contribution is 2.26. The van der Waals surface area contributed by atoms with Crippen LogP contribution < -0.4 is 4.90 Å². The van der Waals surface area contributed by atoms with Crippen LogP contribution >= 0.6 is 0 Å². The maximum Gasteiger partial charge on any atom is 0.322 e. The second-order valence-corrected chi connectivity index (χ2v) is 6.75. The zero-order valence-corrected chi connectivity index (χ0v) is 12.2. The van der Waals surface area contributed by atoms with Gasteiger partial charge in [0.05, 0.1) is 0 Å². The minimum Gasteiger partial charge on any atom is -0.480 e. The van der Waals surface area contributed by atoms with Crippen LogP contribution in [0.2, 0.25) is 0 Å². The van der Waals surface area contributed by atoms with Crippen LogP contribution in [-0.4, -0.2) is 55.5 Å². The largest absolute Gasteiger partial charge is 0.480 e. The molecular formula is C12H17N3O4S. The van der Waals surface area contributed by atoms with Gasteiger partial charge in [-0.1, -0.05) is 0 Å². The van der Waals surface area contributed by atoms with Gasteiger partial charge in [-0.25, -0.2) is 13.4 Å². The van der Waals surface area contributed by atoms with Gasteiger partial charge in [-0.3, -0.25) is 4.79 Å². The number of hydrogen-bond donors (Lipinski definition) is 1. The molecule has 0 saturated carbocycles. The van der Waals surface area contributed by atoms with E-state index in [0.29, 0.717) is 18.7 Å². The van der Waals surface area contributed by atoms with Gasteiger partial charge in [-0.2, -0.15) is 4.31 Å². The molecule has 0 amide bonds. The summed E-state index contributed by atoms with van der Waals surface area (Å²) in [5.41, 5.74) is 0. The zero-order chi connectivity index (χ0) is 14.9. The van der Waals surface area contributed by atoms with E-state index < -0.39 is 22.0 Å². The van der Waals surface area contributed by atoms with Gasteiger partial charge in [0.2, 0.25) is 10.0 Å². The monoisotopic (exact) mass is 299 g/mol. The number of hydrogen-bond acceptors (Lipinski definition) is 5. The summed E-state index contributed by atoms with van der Waals surface area (Å²) in [6.07, 6.45) is 2.17. The fourth-order valence-corrected chi connectivity index (χ4v) is 3.80. The molecule has 20 heavy (non-hydrogen) atoms. The Balaban J connectivity index is 2.32. The molecule has 1 fully saturated rings. The van der Waals surface area contributed by atoms with Crippen molar-refractivity contribution in [2.24, 2.45) is 0 Å². The van der Waals surface area contributed by atoms with Gasteiger partial charge in [0.15, 0.2) is 0 Å². The lowest BCUT2D eigenvalue weighted by Crippen LogP contribution is -2.40. The van der Waals surface area contributed by atoms with Crippen molar-refractivity contribution in [3.63, 3.8) is 0 Å². The van der Waals surface area contributed by atoms with Crippen molar-refractivity contribution in [1.29, 1.82) is 0 Å². The minimum absolute atomic E-state index is 0.0243. The molecule has 1 aliphatic rings. The molecule has 1 saturated heterocycles. The molecule has 0 spiro atoms. The lowest BCUT2D eigenvalue weighted by molar-refractivity contribution is -0.140. The first-order valence-corrected chi connectivity index (χ1v) is 7.66. The predicted molar refractivity (Wildman–Crippen MR) is 73.1 cm³/mol. The fourth-order valence-electron chi connectivity index (χ4n) is 2.20. The van der Waals surface area contributed by atoms with Crippen molar-refractivity contribution < 1.29 is 18.3 Å². The molecule has 1 atom stereocenters. The lowest BCUT2D eigenvalue weighted by atomic mass is 10.2. The van der Waals surface area contributed by atoms with Crippen LogP contribution in [0.4, 0.5) is 5.82 Å². The Morgan fingerprint density at radius 2 is 2.15 bits per heavy atom. The molecule has 1 aromatic heterocycles. The smallest absolute Gasteiger partial charge is 0.322 e. The average Bonchev–Trinajstić information content (AvgIpc) is 2.89. The van der Waals surface area contributed by atoms with Crippen molar-refractivity contribution in [1.82, 2.24) is 9.29 Å². The molecule has 0 radical (unpaired) electrons. The topological polar surface area (TPSA) is 90.8 Å². The van der Waals surface area contributed by atoms with Crippen molar-refractivity contribution in [3.05, 3.63) is 18.3 Å². The van der Waals surface area contributed by atoms with Gasteiger partial charge in [0.1, 0.15) is 16.8 Å². The number of rotatable bonds is 4. The number of carboxylic acids is 1. The fraction of sp³-hybridized carbons (Fsp3) is 0.500. The van der Waals surface area contributed by atoms with Crippen LogP contribution in [0.3, 0.4) is 0 Å². The summed E-state index contributed by atoms with van der Waals surface area (Å²) < 4.78 is 25.9. The standard InChI is InChI=1S/C12H17N3O4S/c1-14(2)11-6-5-9(8-13-11)20(18,19)15-7-3-4-10(15)12(16)17/h5-6,8,10H,3-4,7H2,1-2H3,(H,16,17)/t10-/m1/s1. The SMILES string of the molecule is CN(C)c1ccc(S(=O)(=O)N2CCC[C@@H]2C(=O)O)cn1. The number of aromatic nitrogens is 1. The summed E-state index contributed by atoms with van der Waals surface area (Å²) in [5.74, 6) is -0.468. The van der Waals surface area contributed by atoms with E-state index >= 15 is 0 Å². The van der Waals surface area contributed by atoms with Crippen LogP contribution in [0.5, 0.6) is 0 Å². The van der Waals surface area contributed by atoms with E-state index in [-0.39, 0.29) is 11.4 Å². The Kier molecular flexibility index (Phi) is 3.96. The lowest BCUT2D eigenvalue weighted by Gasteiger charge is -2.21. The van der Waals surface area contributed by atoms with Gasteiger partial charge < -0.3 is 10.0 Å². The zero-order valence-electron chi connectivity index (χ0n) is 11.4. The first kappa shape index (κ1) is 14.7. The van der Waals surface area contributed by atoms with E-state index in [4.69, 9.17) is 5.11 Å². The number of sulfonamides is 1. The number of carbonyl (C=O) groups is 1. The Hall–Kier alpha value is -1.67. The quantitative estimate of drug-likeness (QED) is 0.864. The third-order valence-electron chi connectivity index (χ3n) is 3.27. The minimum atomic E-state index is -3.80. The molecule has 0 unspecified atom stereocenters. The molecule has 1 N–H and O–H groups in total. The molecular weight excluding hydrogens is 282 g/mol. The van der Waals surface area contributed by atoms with Crippen LogP contribution in [0.15, 0.2) is 23.2 Å². The number of pyridine rings is 1. The van der Waals surface area contributed by atoms with E-state index in [2.05, 4.69) is 4.98 Å². The van der Waals surface area contributed by atoms with E-state index in [1.165, 1.54) is 12.3 Å². The summed E-state index contributed by atoms with van der Waals surface area (Å²) in [6, 6.07) is 2.07. The Bertz CT molecular complexity index is 598. The Morgan fingerprint density at radius 1 is 1.45 bits per heavy atom. The summed E-state index contributed by atoms with van der Waals surface area (Å²) in [5, 5.41) is 9.08. The first-order chi connectivity index (χ1) is 9.34. The number of anilines is 1. The summed E-state index contributed by atoms with van der Waals surface area (Å²) in [6.45, 7) is 0.231. The van der Waals surface area contributed by atoms with Crippen LogP contribution in [0, 0.1) is 0 Å². The Labute approximate surface area is 117 Å². The molecule has 1 aliphatic heterocycles. The van der Waals surface area contributed by atoms with E-state index in [0.717, 1.165) is 4.31 Å². The number of aliphatic carboxylic acids is 1. The number of carboxylic acid groups (broad SMARTS) is 1. The van der Waals surface area contributed by atoms with Gasteiger partial charge in [0.25, 0.3) is 0 Å². The molecule has 2 heterocycles. The molecule has 0 aliphatic carbocycles. The average molecular weight is 299 g/mol. The second kappa shape index (κ2) is 5.37. The third kappa shape index (κ3) is 2.61. The van der Waals surface area contributed by atoms with Gasteiger partial charge in [-0.05, 0) is 25.0 Å². The molecule has 1 aromatic rings. The first-order valence-electron chi connectivity index (χ1n) is 6.22. The summed E-state index contributed by atoms with van der Waals surface area (Å²) in [4.78, 5) is 16.9. The summed E-state index contributed by atoms with van der Waals surface area (Å²) >= 11 is 0. The van der Waals surface area contributed by atoms with Gasteiger partial charge in [0, 0.05) is 26.8 Å². The van der Waals surface area contributed by atoms with E-state index in [1.54, 1.807) is 25.1 Å². The maximum absolute atomic E-state index is 12.4. The van der Waals surface area contributed by atoms with Crippen molar-refractivity contribution in [2.75, 3.05) is 25.5 Å². The summed E-state index contributed by atoms with van der Waals surface area (Å²) in [7, 11) is -0.198. The highest BCUT2D eigenvalue weighted by Gasteiger charge is 2.39. The maximum atomic E-state index is 12.4. The highest BCUT2D eigenvalue weighted by molar-refractivity contribution is 7.89. The van der Waals surface area contributed by atoms with Crippen LogP contribution in [0.25, 0.3) is 0 Å². The number of nitrogens with zero attached hydrogens (tertiary/aromatic N) is 3. The molecule has 8 heteroatoms. The third-order valence-corrected chi connectivity index (χ3v) is 5.17.